The number of ether oxygens (including phenoxy) is 3. The number of nitrogens with zero attached hydrogens (tertiary/aromatic N) is 1. The molecule has 0 spiro atoms. The van der Waals surface area contributed by atoms with Gasteiger partial charge in [-0.3, -0.25) is 19.3 Å². The van der Waals surface area contributed by atoms with Crippen LogP contribution in [0.4, 0.5) is 10.5 Å². The normalized spacial score (nSPS) is 13.9. The molecule has 0 saturated carbocycles. The standard InChI is InChI=1S/C29H24Cl2N2O7S/c1-3-39-23-12-18(11-22(31)26(23)40-16-17-7-5-4-6-8-17)13-24-27(35)33(29(37)41-24)15-25(34)32-19-9-10-21(30)20(14-19)28(36)38-2/h4-14H,3,15-16H2,1-2H3,(H,32,34)/b24-13-. The van der Waals surface area contributed by atoms with Crippen molar-refractivity contribution in [2.24, 2.45) is 0 Å². The molecule has 0 bridgehead atoms. The fraction of sp³-hybridized carbons (Fsp3) is 0.172. The monoisotopic (exact) mass is 614 g/mol. The highest BCUT2D eigenvalue weighted by atomic mass is 35.5. The zero-order valence-electron chi connectivity index (χ0n) is 21.9. The van der Waals surface area contributed by atoms with Crippen LogP contribution in [-0.2, 0) is 20.9 Å². The summed E-state index contributed by atoms with van der Waals surface area (Å²) in [6, 6.07) is 17.1. The SMILES string of the molecule is CCOc1cc(/C=C2\SC(=O)N(CC(=O)Nc3ccc(Cl)c(C(=O)OC)c3)C2=O)cc(Cl)c1OCc1ccccc1. The summed E-state index contributed by atoms with van der Waals surface area (Å²) in [6.45, 7) is 1.91. The fourth-order valence-corrected chi connectivity index (χ4v) is 5.11. The molecule has 41 heavy (non-hydrogen) atoms. The number of anilines is 1. The number of amides is 3. The molecule has 3 aromatic carbocycles. The van der Waals surface area contributed by atoms with E-state index in [1.54, 1.807) is 12.1 Å². The number of halogens is 2. The minimum Gasteiger partial charge on any atom is -0.490 e. The number of esters is 1. The molecule has 0 aromatic heterocycles. The first-order valence-electron chi connectivity index (χ1n) is 12.3. The van der Waals surface area contributed by atoms with E-state index < -0.39 is 29.6 Å². The molecular weight excluding hydrogens is 591 g/mol. The summed E-state index contributed by atoms with van der Waals surface area (Å²) in [5, 5.41) is 2.36. The van der Waals surface area contributed by atoms with Crippen LogP contribution in [0.1, 0.15) is 28.4 Å². The van der Waals surface area contributed by atoms with Gasteiger partial charge in [0.05, 0.1) is 34.2 Å². The van der Waals surface area contributed by atoms with Crippen LogP contribution >= 0.6 is 35.0 Å². The average Bonchev–Trinajstić information content (AvgIpc) is 3.21. The van der Waals surface area contributed by atoms with Gasteiger partial charge < -0.3 is 19.5 Å². The van der Waals surface area contributed by atoms with E-state index in [0.717, 1.165) is 10.5 Å². The first-order valence-corrected chi connectivity index (χ1v) is 13.8. The van der Waals surface area contributed by atoms with Crippen molar-refractivity contribution in [1.29, 1.82) is 0 Å². The Morgan fingerprint density at radius 2 is 1.76 bits per heavy atom. The third-order valence-corrected chi connectivity index (χ3v) is 7.20. The van der Waals surface area contributed by atoms with Crippen molar-refractivity contribution >= 4 is 69.8 Å². The Bertz CT molecular complexity index is 1530. The molecule has 212 valence electrons. The van der Waals surface area contributed by atoms with E-state index in [9.17, 15) is 19.2 Å². The minimum absolute atomic E-state index is 0.0580. The van der Waals surface area contributed by atoms with Gasteiger partial charge in [-0.15, -0.1) is 0 Å². The Kier molecular flexibility index (Phi) is 9.93. The number of nitrogens with one attached hydrogen (secondary N) is 1. The van der Waals surface area contributed by atoms with Gasteiger partial charge >= 0.3 is 5.97 Å². The highest BCUT2D eigenvalue weighted by Crippen LogP contribution is 2.39. The van der Waals surface area contributed by atoms with Crippen molar-refractivity contribution < 1.29 is 33.4 Å². The lowest BCUT2D eigenvalue weighted by Gasteiger charge is -2.15. The lowest BCUT2D eigenvalue weighted by Crippen LogP contribution is -2.36. The van der Waals surface area contributed by atoms with Crippen LogP contribution < -0.4 is 14.8 Å². The Morgan fingerprint density at radius 1 is 1.00 bits per heavy atom. The van der Waals surface area contributed by atoms with Crippen LogP contribution in [0.2, 0.25) is 10.0 Å². The number of imide groups is 1. The predicted molar refractivity (Wildman–Crippen MR) is 157 cm³/mol. The predicted octanol–water partition coefficient (Wildman–Crippen LogP) is 6.43. The quantitative estimate of drug-likeness (QED) is 0.205. The van der Waals surface area contributed by atoms with E-state index in [1.807, 2.05) is 37.3 Å². The number of carbonyl (C=O) groups excluding carboxylic acids is 4. The van der Waals surface area contributed by atoms with Crippen molar-refractivity contribution in [3.8, 4) is 11.5 Å². The Labute approximate surface area is 250 Å². The molecule has 4 rings (SSSR count). The molecule has 9 nitrogen and oxygen atoms in total. The molecule has 1 aliphatic rings. The molecule has 1 N–H and O–H groups in total. The zero-order valence-corrected chi connectivity index (χ0v) is 24.3. The van der Waals surface area contributed by atoms with E-state index in [4.69, 9.17) is 32.7 Å². The van der Waals surface area contributed by atoms with Gasteiger partial charge in [0.1, 0.15) is 13.2 Å². The Hall–Kier alpha value is -3.99. The zero-order chi connectivity index (χ0) is 29.5. The van der Waals surface area contributed by atoms with Crippen molar-refractivity contribution in [3.05, 3.63) is 92.3 Å². The molecule has 1 heterocycles. The van der Waals surface area contributed by atoms with Gasteiger partial charge in [-0.1, -0.05) is 53.5 Å². The summed E-state index contributed by atoms with van der Waals surface area (Å²) in [5.74, 6) is -1.22. The number of thioether (sulfide) groups is 1. The smallest absolute Gasteiger partial charge is 0.339 e. The number of carbonyl (C=O) groups is 4. The van der Waals surface area contributed by atoms with E-state index >= 15 is 0 Å². The number of hydrogen-bond acceptors (Lipinski definition) is 8. The minimum atomic E-state index is -0.675. The molecule has 1 fully saturated rings. The van der Waals surface area contributed by atoms with Crippen LogP contribution in [-0.4, -0.2) is 48.2 Å². The Morgan fingerprint density at radius 3 is 2.46 bits per heavy atom. The molecule has 1 saturated heterocycles. The maximum atomic E-state index is 13.0. The maximum absolute atomic E-state index is 13.0. The number of methoxy groups -OCH3 is 1. The molecule has 0 aliphatic carbocycles. The van der Waals surface area contributed by atoms with E-state index in [1.165, 1.54) is 31.4 Å². The summed E-state index contributed by atoms with van der Waals surface area (Å²) in [7, 11) is 1.21. The van der Waals surface area contributed by atoms with Crippen LogP contribution in [0.3, 0.4) is 0 Å². The first-order chi connectivity index (χ1) is 19.7. The number of benzene rings is 3. The molecule has 3 amide bonds. The van der Waals surface area contributed by atoms with Gasteiger partial charge in [-0.05, 0) is 66.2 Å². The molecule has 12 heteroatoms. The van der Waals surface area contributed by atoms with Gasteiger partial charge in [0.15, 0.2) is 11.5 Å². The molecule has 0 unspecified atom stereocenters. The summed E-state index contributed by atoms with van der Waals surface area (Å²) >= 11 is 13.2. The lowest BCUT2D eigenvalue weighted by atomic mass is 10.1. The second-order valence-corrected chi connectivity index (χ2v) is 10.3. The summed E-state index contributed by atoms with van der Waals surface area (Å²) < 4.78 is 16.3. The first kappa shape index (κ1) is 30.0. The molecule has 1 aliphatic heterocycles. The number of rotatable bonds is 10. The molecule has 0 radical (unpaired) electrons. The van der Waals surface area contributed by atoms with Crippen LogP contribution in [0, 0.1) is 0 Å². The largest absolute Gasteiger partial charge is 0.490 e. The van der Waals surface area contributed by atoms with Crippen molar-refractivity contribution in [2.75, 3.05) is 25.6 Å². The average molecular weight is 615 g/mol. The van der Waals surface area contributed by atoms with Gasteiger partial charge in [-0.2, -0.15) is 0 Å². The third-order valence-electron chi connectivity index (χ3n) is 5.69. The third kappa shape index (κ3) is 7.40. The summed E-state index contributed by atoms with van der Waals surface area (Å²) in [4.78, 5) is 51.1. The molecule has 0 atom stereocenters. The van der Waals surface area contributed by atoms with Crippen molar-refractivity contribution in [1.82, 2.24) is 4.90 Å². The fourth-order valence-electron chi connectivity index (χ4n) is 3.81. The van der Waals surface area contributed by atoms with Crippen LogP contribution in [0.5, 0.6) is 11.5 Å². The Balaban J connectivity index is 1.47. The number of hydrogen-bond donors (Lipinski definition) is 1. The van der Waals surface area contributed by atoms with E-state index in [-0.39, 0.29) is 32.8 Å². The van der Waals surface area contributed by atoms with Gasteiger partial charge in [0, 0.05) is 5.69 Å². The molecule has 3 aromatic rings. The van der Waals surface area contributed by atoms with Crippen molar-refractivity contribution in [3.63, 3.8) is 0 Å². The van der Waals surface area contributed by atoms with Gasteiger partial charge in [-0.25, -0.2) is 4.79 Å². The lowest BCUT2D eigenvalue weighted by molar-refractivity contribution is -0.127. The topological polar surface area (TPSA) is 111 Å². The molecular formula is C29H24Cl2N2O7S. The van der Waals surface area contributed by atoms with Crippen molar-refractivity contribution in [2.45, 2.75) is 13.5 Å². The van der Waals surface area contributed by atoms with Gasteiger partial charge in [0.25, 0.3) is 11.1 Å². The van der Waals surface area contributed by atoms with Crippen LogP contribution in [0.15, 0.2) is 65.6 Å². The maximum Gasteiger partial charge on any atom is 0.339 e. The summed E-state index contributed by atoms with van der Waals surface area (Å²) in [5.41, 5.74) is 1.77. The second kappa shape index (κ2) is 13.6. The van der Waals surface area contributed by atoms with E-state index in [0.29, 0.717) is 35.4 Å². The van der Waals surface area contributed by atoms with Crippen LogP contribution in [0.25, 0.3) is 6.08 Å². The highest BCUT2D eigenvalue weighted by Gasteiger charge is 2.36. The highest BCUT2D eigenvalue weighted by molar-refractivity contribution is 8.18. The van der Waals surface area contributed by atoms with E-state index in [2.05, 4.69) is 10.1 Å². The summed E-state index contributed by atoms with van der Waals surface area (Å²) in [6.07, 6.45) is 1.50. The van der Waals surface area contributed by atoms with Gasteiger partial charge in [0.2, 0.25) is 5.91 Å². The second-order valence-electron chi connectivity index (χ2n) is 8.54.